The number of alkyl halides is 3. The monoisotopic (exact) mass is 584 g/mol. The first-order chi connectivity index (χ1) is 20.3. The summed E-state index contributed by atoms with van der Waals surface area (Å²) in [6, 6.07) is 15.3. The summed E-state index contributed by atoms with van der Waals surface area (Å²) in [6.07, 6.45) is -3.99. The van der Waals surface area contributed by atoms with E-state index < -0.39 is 17.4 Å². The number of halogens is 4. The molecule has 1 aromatic heterocycles. The topological polar surface area (TPSA) is 51.9 Å². The Morgan fingerprint density at radius 3 is 2.43 bits per heavy atom. The molecule has 2 fully saturated rings. The summed E-state index contributed by atoms with van der Waals surface area (Å²) in [5.41, 5.74) is 1.17. The van der Waals surface area contributed by atoms with Gasteiger partial charge in [-0.1, -0.05) is 36.4 Å². The molecule has 2 aliphatic heterocycles. The number of ether oxygens (including phenoxy) is 2. The third kappa shape index (κ3) is 5.27. The van der Waals surface area contributed by atoms with E-state index in [0.717, 1.165) is 24.7 Å². The van der Waals surface area contributed by atoms with Crippen LogP contribution in [0.5, 0.6) is 5.75 Å². The molecule has 0 radical (unpaired) electrons. The predicted molar refractivity (Wildman–Crippen MR) is 152 cm³/mol. The van der Waals surface area contributed by atoms with Crippen LogP contribution in [0.3, 0.4) is 0 Å². The molecule has 42 heavy (non-hydrogen) atoms. The molecule has 3 aromatic carbocycles. The van der Waals surface area contributed by atoms with Gasteiger partial charge in [-0.05, 0) is 41.8 Å². The normalized spacial score (nSPS) is 18.2. The fraction of sp³-hybridized carbons (Fsp3) is 0.387. The summed E-state index contributed by atoms with van der Waals surface area (Å²) in [5.74, 6) is 0.0752. The molecular formula is C31H32F4N4O3. The van der Waals surface area contributed by atoms with Gasteiger partial charge in [0, 0.05) is 32.7 Å². The number of hydrogen-bond acceptors (Lipinski definition) is 5. The molecule has 0 saturated carbocycles. The van der Waals surface area contributed by atoms with E-state index in [1.165, 1.54) is 35.9 Å². The lowest BCUT2D eigenvalue weighted by atomic mass is 10.1. The number of fused-ring (bicyclic) bond motifs is 1. The Morgan fingerprint density at radius 1 is 0.929 bits per heavy atom. The van der Waals surface area contributed by atoms with Crippen LogP contribution in [0.25, 0.3) is 11.0 Å². The molecule has 0 unspecified atom stereocenters. The van der Waals surface area contributed by atoms with Crippen LogP contribution in [-0.2, 0) is 24.0 Å². The highest BCUT2D eigenvalue weighted by atomic mass is 19.4. The zero-order valence-corrected chi connectivity index (χ0v) is 23.2. The number of rotatable bonds is 7. The van der Waals surface area contributed by atoms with Crippen molar-refractivity contribution in [2.45, 2.75) is 31.7 Å². The van der Waals surface area contributed by atoms with Gasteiger partial charge in [0.05, 0.1) is 49.7 Å². The summed E-state index contributed by atoms with van der Waals surface area (Å²) >= 11 is 0. The van der Waals surface area contributed by atoms with Crippen molar-refractivity contribution in [1.82, 2.24) is 14.0 Å². The third-order valence-electron chi connectivity index (χ3n) is 8.23. The number of morpholine rings is 1. The Balaban J connectivity index is 1.37. The van der Waals surface area contributed by atoms with E-state index in [1.54, 1.807) is 28.8 Å². The molecule has 2 aliphatic rings. The predicted octanol–water partition coefficient (Wildman–Crippen LogP) is 5.30. The maximum atomic E-state index is 15.3. The number of benzene rings is 3. The minimum Gasteiger partial charge on any atom is -0.494 e. The molecule has 0 N–H and O–H groups in total. The van der Waals surface area contributed by atoms with Gasteiger partial charge in [0.2, 0.25) is 0 Å². The summed E-state index contributed by atoms with van der Waals surface area (Å²) in [6.45, 7) is 4.05. The van der Waals surface area contributed by atoms with Crippen LogP contribution in [-0.4, -0.2) is 60.5 Å². The van der Waals surface area contributed by atoms with Crippen LogP contribution in [0.15, 0.2) is 65.5 Å². The highest BCUT2D eigenvalue weighted by Gasteiger charge is 2.35. The van der Waals surface area contributed by atoms with Crippen LogP contribution in [0, 0.1) is 5.82 Å². The van der Waals surface area contributed by atoms with E-state index in [0.29, 0.717) is 61.7 Å². The van der Waals surface area contributed by atoms with Crippen molar-refractivity contribution in [3.8, 4) is 5.75 Å². The van der Waals surface area contributed by atoms with Gasteiger partial charge >= 0.3 is 11.9 Å². The fourth-order valence-electron chi connectivity index (χ4n) is 6.27. The van der Waals surface area contributed by atoms with Crippen molar-refractivity contribution in [3.63, 3.8) is 0 Å². The zero-order valence-electron chi connectivity index (χ0n) is 23.2. The summed E-state index contributed by atoms with van der Waals surface area (Å²) in [5, 5.41) is 0. The fourth-order valence-corrected chi connectivity index (χ4v) is 6.27. The lowest BCUT2D eigenvalue weighted by Crippen LogP contribution is -2.36. The minimum absolute atomic E-state index is 0.00999. The molecule has 6 rings (SSSR count). The van der Waals surface area contributed by atoms with Crippen molar-refractivity contribution in [1.29, 1.82) is 0 Å². The molecule has 3 heterocycles. The SMILES string of the molecule is COc1cccc2c1n(Cc1ccccc1C(F)(F)F)c(=O)n2[C@@H]1CCN(c2c(F)cccc2CN2CCOCC2)C1. The van der Waals surface area contributed by atoms with Gasteiger partial charge in [0.25, 0.3) is 0 Å². The molecule has 0 amide bonds. The van der Waals surface area contributed by atoms with Gasteiger partial charge in [0.1, 0.15) is 17.1 Å². The van der Waals surface area contributed by atoms with E-state index in [1.807, 2.05) is 11.0 Å². The number of nitrogens with zero attached hydrogens (tertiary/aromatic N) is 4. The first-order valence-electron chi connectivity index (χ1n) is 14.0. The first-order valence-corrected chi connectivity index (χ1v) is 14.0. The second-order valence-electron chi connectivity index (χ2n) is 10.7. The van der Waals surface area contributed by atoms with Gasteiger partial charge in [-0.15, -0.1) is 0 Å². The zero-order chi connectivity index (χ0) is 29.4. The summed E-state index contributed by atoms with van der Waals surface area (Å²) in [4.78, 5) is 18.2. The van der Waals surface area contributed by atoms with Gasteiger partial charge in [0.15, 0.2) is 0 Å². The number of aromatic nitrogens is 2. The largest absolute Gasteiger partial charge is 0.494 e. The highest BCUT2D eigenvalue weighted by Crippen LogP contribution is 2.36. The lowest BCUT2D eigenvalue weighted by molar-refractivity contribution is -0.138. The summed E-state index contributed by atoms with van der Waals surface area (Å²) < 4.78 is 70.8. The molecule has 2 saturated heterocycles. The Hall–Kier alpha value is -3.83. The van der Waals surface area contributed by atoms with E-state index >= 15 is 4.39 Å². The molecule has 222 valence electrons. The van der Waals surface area contributed by atoms with Crippen LogP contribution < -0.4 is 15.3 Å². The van der Waals surface area contributed by atoms with Crippen molar-refractivity contribution in [2.24, 2.45) is 0 Å². The van der Waals surface area contributed by atoms with E-state index in [2.05, 4.69) is 4.90 Å². The van der Waals surface area contributed by atoms with Gasteiger partial charge in [-0.2, -0.15) is 13.2 Å². The van der Waals surface area contributed by atoms with Gasteiger partial charge in [-0.3, -0.25) is 14.0 Å². The molecule has 7 nitrogen and oxygen atoms in total. The lowest BCUT2D eigenvalue weighted by Gasteiger charge is -2.29. The molecular weight excluding hydrogens is 552 g/mol. The van der Waals surface area contributed by atoms with Crippen molar-refractivity contribution < 1.29 is 27.0 Å². The van der Waals surface area contributed by atoms with Crippen LogP contribution in [0.4, 0.5) is 23.2 Å². The Labute approximate surface area is 240 Å². The smallest absolute Gasteiger partial charge is 0.416 e. The average Bonchev–Trinajstić information content (AvgIpc) is 3.55. The van der Waals surface area contributed by atoms with E-state index in [4.69, 9.17) is 9.47 Å². The van der Waals surface area contributed by atoms with Gasteiger partial charge in [-0.25, -0.2) is 9.18 Å². The third-order valence-corrected chi connectivity index (χ3v) is 8.23. The highest BCUT2D eigenvalue weighted by molar-refractivity contribution is 5.83. The van der Waals surface area contributed by atoms with E-state index in [-0.39, 0.29) is 24.0 Å². The van der Waals surface area contributed by atoms with Gasteiger partial charge < -0.3 is 14.4 Å². The second-order valence-corrected chi connectivity index (χ2v) is 10.7. The van der Waals surface area contributed by atoms with Crippen molar-refractivity contribution in [3.05, 3.63) is 93.7 Å². The molecule has 4 aromatic rings. The number of imidazole rings is 1. The number of hydrogen-bond donors (Lipinski definition) is 0. The molecule has 11 heteroatoms. The number of para-hydroxylation sites is 2. The number of methoxy groups -OCH3 is 1. The first kappa shape index (κ1) is 28.3. The maximum Gasteiger partial charge on any atom is 0.416 e. The molecule has 0 spiro atoms. The Morgan fingerprint density at radius 2 is 1.67 bits per heavy atom. The summed E-state index contributed by atoms with van der Waals surface area (Å²) in [7, 11) is 1.47. The quantitative estimate of drug-likeness (QED) is 0.276. The van der Waals surface area contributed by atoms with Crippen molar-refractivity contribution >= 4 is 16.7 Å². The molecule has 1 atom stereocenters. The standard InChI is InChI=1S/C31H32F4N4O3/c1-41-27-11-5-10-26-29(27)38(19-21-6-2-3-8-24(21)31(33,34)35)30(40)39(26)23-12-13-37(20-23)28-22(7-4-9-25(28)32)18-36-14-16-42-17-15-36/h2-11,23H,12-20H2,1H3/t23-/m1/s1. The van der Waals surface area contributed by atoms with Crippen LogP contribution in [0.1, 0.15) is 29.2 Å². The molecule has 0 bridgehead atoms. The average molecular weight is 585 g/mol. The Kier molecular flexibility index (Phi) is 7.71. The Bertz CT molecular complexity index is 1640. The van der Waals surface area contributed by atoms with Crippen LogP contribution in [0.2, 0.25) is 0 Å². The van der Waals surface area contributed by atoms with Crippen molar-refractivity contribution in [2.75, 3.05) is 51.4 Å². The van der Waals surface area contributed by atoms with Crippen LogP contribution >= 0.6 is 0 Å². The maximum absolute atomic E-state index is 15.3. The minimum atomic E-state index is -4.56. The van der Waals surface area contributed by atoms with E-state index in [9.17, 15) is 18.0 Å². The molecule has 0 aliphatic carbocycles. The second kappa shape index (κ2) is 11.4. The number of anilines is 1.